The Kier molecular flexibility index (Phi) is 5.29. The molecule has 5 heteroatoms. The van der Waals surface area contributed by atoms with E-state index < -0.39 is 0 Å². The van der Waals surface area contributed by atoms with E-state index in [4.69, 9.17) is 21.1 Å². The highest BCUT2D eigenvalue weighted by atomic mass is 35.5. The fraction of sp³-hybridized carbons (Fsp3) is 0.250. The summed E-state index contributed by atoms with van der Waals surface area (Å²) in [4.78, 5) is 12.7. The first kappa shape index (κ1) is 17.4. The van der Waals surface area contributed by atoms with Crippen molar-refractivity contribution in [1.82, 2.24) is 4.57 Å². The normalized spacial score (nSPS) is 10.8. The first-order chi connectivity index (χ1) is 12.1. The summed E-state index contributed by atoms with van der Waals surface area (Å²) in [5.41, 5.74) is 1.77. The van der Waals surface area contributed by atoms with Crippen LogP contribution in [0.3, 0.4) is 0 Å². The van der Waals surface area contributed by atoms with Gasteiger partial charge in [0.25, 0.3) is 5.56 Å². The molecule has 1 aromatic heterocycles. The van der Waals surface area contributed by atoms with Crippen molar-refractivity contribution >= 4 is 22.4 Å². The molecule has 1 heterocycles. The fourth-order valence-corrected chi connectivity index (χ4v) is 2.86. The highest BCUT2D eigenvalue weighted by Crippen LogP contribution is 2.25. The van der Waals surface area contributed by atoms with Gasteiger partial charge in [0.15, 0.2) is 0 Å². The first-order valence-corrected chi connectivity index (χ1v) is 8.64. The van der Waals surface area contributed by atoms with Gasteiger partial charge >= 0.3 is 0 Å². The third kappa shape index (κ3) is 3.64. The van der Waals surface area contributed by atoms with Crippen molar-refractivity contribution < 1.29 is 9.47 Å². The molecular weight excluding hydrogens is 338 g/mol. The van der Waals surface area contributed by atoms with Crippen LogP contribution in [0.2, 0.25) is 0 Å². The number of halogens is 1. The van der Waals surface area contributed by atoms with E-state index in [0.717, 1.165) is 28.8 Å². The van der Waals surface area contributed by atoms with Gasteiger partial charge in [0.05, 0.1) is 24.8 Å². The number of benzene rings is 2. The molecule has 3 rings (SSSR count). The van der Waals surface area contributed by atoms with Gasteiger partial charge in [-0.2, -0.15) is 0 Å². The Morgan fingerprint density at radius 2 is 1.76 bits per heavy atom. The lowest BCUT2D eigenvalue weighted by atomic mass is 10.1. The molecule has 3 aromatic rings. The second-order valence-electron chi connectivity index (χ2n) is 5.76. The summed E-state index contributed by atoms with van der Waals surface area (Å²) in [6, 6.07) is 15.3. The second-order valence-corrected chi connectivity index (χ2v) is 6.14. The predicted molar refractivity (Wildman–Crippen MR) is 102 cm³/mol. The van der Waals surface area contributed by atoms with Crippen molar-refractivity contribution in [3.05, 3.63) is 58.9 Å². The van der Waals surface area contributed by atoms with Gasteiger partial charge in [-0.3, -0.25) is 4.79 Å². The van der Waals surface area contributed by atoms with Crippen LogP contribution in [-0.2, 0) is 7.05 Å². The maximum atomic E-state index is 12.7. The number of fused-ring (bicyclic) bond motifs is 1. The van der Waals surface area contributed by atoms with Crippen molar-refractivity contribution in [2.75, 3.05) is 19.6 Å². The molecule has 0 radical (unpaired) electrons. The van der Waals surface area contributed by atoms with Crippen LogP contribution in [0, 0.1) is 0 Å². The maximum Gasteiger partial charge on any atom is 0.258 e. The molecule has 0 aliphatic heterocycles. The minimum Gasteiger partial charge on any atom is -0.497 e. The predicted octanol–water partition coefficient (Wildman–Crippen LogP) is 4.22. The number of hydrogen-bond donors (Lipinski definition) is 0. The fourth-order valence-electron chi connectivity index (χ4n) is 2.75. The van der Waals surface area contributed by atoms with E-state index in [1.54, 1.807) is 24.8 Å². The number of ether oxygens (including phenoxy) is 2. The summed E-state index contributed by atoms with van der Waals surface area (Å²) in [5.74, 6) is 2.06. The highest BCUT2D eigenvalue weighted by Gasteiger charge is 2.09. The van der Waals surface area contributed by atoms with Crippen molar-refractivity contribution in [2.24, 2.45) is 7.05 Å². The van der Waals surface area contributed by atoms with E-state index in [2.05, 4.69) is 0 Å². The quantitative estimate of drug-likeness (QED) is 0.490. The summed E-state index contributed by atoms with van der Waals surface area (Å²) >= 11 is 5.65. The van der Waals surface area contributed by atoms with Crippen LogP contribution in [0.4, 0.5) is 0 Å². The minimum absolute atomic E-state index is 0.0474. The lowest BCUT2D eigenvalue weighted by Gasteiger charge is -2.12. The molecule has 0 spiro atoms. The Labute approximate surface area is 151 Å². The van der Waals surface area contributed by atoms with Gasteiger partial charge < -0.3 is 14.0 Å². The lowest BCUT2D eigenvalue weighted by Crippen LogP contribution is -2.18. The van der Waals surface area contributed by atoms with Crippen LogP contribution >= 0.6 is 11.6 Å². The summed E-state index contributed by atoms with van der Waals surface area (Å²) < 4.78 is 12.5. The average molecular weight is 358 g/mol. The van der Waals surface area contributed by atoms with E-state index >= 15 is 0 Å². The van der Waals surface area contributed by atoms with Crippen molar-refractivity contribution in [3.8, 4) is 22.8 Å². The van der Waals surface area contributed by atoms with E-state index in [9.17, 15) is 4.79 Å². The van der Waals surface area contributed by atoms with Gasteiger partial charge in [-0.05, 0) is 59.8 Å². The first-order valence-electron chi connectivity index (χ1n) is 8.11. The molecule has 0 N–H and O–H groups in total. The van der Waals surface area contributed by atoms with Gasteiger partial charge in [0.1, 0.15) is 11.5 Å². The molecule has 2 aromatic carbocycles. The van der Waals surface area contributed by atoms with E-state index in [1.165, 1.54) is 0 Å². The van der Waals surface area contributed by atoms with Gasteiger partial charge in [-0.15, -0.1) is 11.6 Å². The van der Waals surface area contributed by atoms with Crippen molar-refractivity contribution in [3.63, 3.8) is 0 Å². The van der Waals surface area contributed by atoms with Crippen LogP contribution in [-0.4, -0.2) is 24.2 Å². The molecule has 0 aliphatic carbocycles. The molecule has 0 bridgehead atoms. The van der Waals surface area contributed by atoms with Gasteiger partial charge in [0.2, 0.25) is 0 Å². The largest absolute Gasteiger partial charge is 0.497 e. The van der Waals surface area contributed by atoms with E-state index in [1.807, 2.05) is 42.5 Å². The number of methoxy groups -OCH3 is 1. The Hall–Kier alpha value is -2.46. The average Bonchev–Trinajstić information content (AvgIpc) is 2.65. The summed E-state index contributed by atoms with van der Waals surface area (Å²) in [6.45, 7) is 0.596. The van der Waals surface area contributed by atoms with Crippen LogP contribution in [0.5, 0.6) is 11.5 Å². The number of rotatable bonds is 6. The van der Waals surface area contributed by atoms with E-state index in [0.29, 0.717) is 23.6 Å². The molecule has 0 fully saturated rings. The monoisotopic (exact) mass is 357 g/mol. The molecule has 0 atom stereocenters. The molecule has 0 aliphatic rings. The van der Waals surface area contributed by atoms with Crippen molar-refractivity contribution in [2.45, 2.75) is 6.42 Å². The zero-order valence-corrected chi connectivity index (χ0v) is 15.0. The van der Waals surface area contributed by atoms with Gasteiger partial charge in [0, 0.05) is 12.9 Å². The molecule has 0 unspecified atom stereocenters. The molecule has 4 nitrogen and oxygen atoms in total. The Bertz CT molecular complexity index is 932. The Morgan fingerprint density at radius 3 is 2.44 bits per heavy atom. The van der Waals surface area contributed by atoms with Gasteiger partial charge in [-0.25, -0.2) is 0 Å². The minimum atomic E-state index is -0.0474. The SMILES string of the molecule is COc1ccc2cc(-c3ccc(OCCCCl)cc3)n(C)c(=O)c2c1. The Balaban J connectivity index is 1.98. The summed E-state index contributed by atoms with van der Waals surface area (Å²) in [5, 5.41) is 1.54. The zero-order valence-electron chi connectivity index (χ0n) is 14.3. The number of alkyl halides is 1. The number of aromatic nitrogens is 1. The second kappa shape index (κ2) is 7.62. The molecule has 0 saturated heterocycles. The van der Waals surface area contributed by atoms with Crippen molar-refractivity contribution in [1.29, 1.82) is 0 Å². The molecule has 130 valence electrons. The van der Waals surface area contributed by atoms with Crippen LogP contribution in [0.1, 0.15) is 6.42 Å². The lowest BCUT2D eigenvalue weighted by molar-refractivity contribution is 0.318. The summed E-state index contributed by atoms with van der Waals surface area (Å²) in [6.07, 6.45) is 0.811. The highest BCUT2D eigenvalue weighted by molar-refractivity contribution is 6.17. The number of nitrogens with zero attached hydrogens (tertiary/aromatic N) is 1. The number of hydrogen-bond acceptors (Lipinski definition) is 3. The van der Waals surface area contributed by atoms with Gasteiger partial charge in [-0.1, -0.05) is 6.07 Å². The third-order valence-electron chi connectivity index (χ3n) is 4.15. The van der Waals surface area contributed by atoms with Crippen LogP contribution in [0.15, 0.2) is 53.3 Å². The van der Waals surface area contributed by atoms with Crippen LogP contribution in [0.25, 0.3) is 22.0 Å². The standard InChI is InChI=1S/C20H20ClNO3/c1-22-19(14-4-7-16(8-5-14)25-11-3-10-21)12-15-6-9-17(24-2)13-18(15)20(22)23/h4-9,12-13H,3,10-11H2,1-2H3. The summed E-state index contributed by atoms with van der Waals surface area (Å²) in [7, 11) is 3.37. The number of pyridine rings is 1. The van der Waals surface area contributed by atoms with E-state index in [-0.39, 0.29) is 5.56 Å². The Morgan fingerprint density at radius 1 is 1.04 bits per heavy atom. The maximum absolute atomic E-state index is 12.7. The zero-order chi connectivity index (χ0) is 17.8. The molecule has 25 heavy (non-hydrogen) atoms. The van der Waals surface area contributed by atoms with Crippen LogP contribution < -0.4 is 15.0 Å². The topological polar surface area (TPSA) is 40.5 Å². The third-order valence-corrected chi connectivity index (χ3v) is 4.41. The smallest absolute Gasteiger partial charge is 0.258 e. The molecular formula is C20H20ClNO3. The molecule has 0 saturated carbocycles. The molecule has 0 amide bonds.